The van der Waals surface area contributed by atoms with E-state index in [1.165, 1.54) is 0 Å². The van der Waals surface area contributed by atoms with Crippen LogP contribution in [0.5, 0.6) is 5.88 Å². The molecule has 2 aromatic rings. The highest BCUT2D eigenvalue weighted by atomic mass is 35.5. The van der Waals surface area contributed by atoms with E-state index in [-0.39, 0.29) is 0 Å². The lowest BCUT2D eigenvalue weighted by atomic mass is 10.1. The van der Waals surface area contributed by atoms with Gasteiger partial charge in [0.1, 0.15) is 5.69 Å². The molecule has 1 N–H and O–H groups in total. The van der Waals surface area contributed by atoms with Gasteiger partial charge in [-0.15, -0.1) is 0 Å². The summed E-state index contributed by atoms with van der Waals surface area (Å²) in [6, 6.07) is 5.81. The summed E-state index contributed by atoms with van der Waals surface area (Å²) in [6.07, 6.45) is 3.26. The molecule has 2 rings (SSSR count). The van der Waals surface area contributed by atoms with Crippen LogP contribution in [-0.2, 0) is 6.54 Å². The van der Waals surface area contributed by atoms with Crippen molar-refractivity contribution in [1.29, 1.82) is 0 Å². The molecule has 19 heavy (non-hydrogen) atoms. The van der Waals surface area contributed by atoms with Crippen molar-refractivity contribution >= 4 is 11.6 Å². The van der Waals surface area contributed by atoms with Crippen molar-refractivity contribution in [3.8, 4) is 17.1 Å². The molecule has 0 aliphatic heterocycles. The van der Waals surface area contributed by atoms with Crippen molar-refractivity contribution in [2.75, 3.05) is 13.7 Å². The van der Waals surface area contributed by atoms with E-state index in [9.17, 15) is 0 Å². The molecule has 100 valence electrons. The number of halogens is 1. The second-order valence-electron chi connectivity index (χ2n) is 4.00. The average Bonchev–Trinajstić information content (AvgIpc) is 2.46. The fourth-order valence-electron chi connectivity index (χ4n) is 1.79. The molecule has 4 nitrogen and oxygen atoms in total. The zero-order chi connectivity index (χ0) is 13.7. The summed E-state index contributed by atoms with van der Waals surface area (Å²) in [4.78, 5) is 8.47. The van der Waals surface area contributed by atoms with Gasteiger partial charge in [-0.2, -0.15) is 0 Å². The highest BCUT2D eigenvalue weighted by molar-refractivity contribution is 6.31. The fraction of sp³-hybridized carbons (Fsp3) is 0.286. The number of aromatic nitrogens is 2. The van der Waals surface area contributed by atoms with Crippen LogP contribution in [0.15, 0.2) is 30.6 Å². The third-order valence-electron chi connectivity index (χ3n) is 2.74. The van der Waals surface area contributed by atoms with Gasteiger partial charge >= 0.3 is 0 Å². The van der Waals surface area contributed by atoms with E-state index in [1.807, 2.05) is 18.2 Å². The van der Waals surface area contributed by atoms with E-state index in [1.54, 1.807) is 19.5 Å². The molecule has 1 aromatic heterocycles. The lowest BCUT2D eigenvalue weighted by Gasteiger charge is -2.09. The number of nitrogens with one attached hydrogen (secondary N) is 1. The summed E-state index contributed by atoms with van der Waals surface area (Å²) in [6.45, 7) is 3.68. The van der Waals surface area contributed by atoms with E-state index >= 15 is 0 Å². The van der Waals surface area contributed by atoms with Gasteiger partial charge in [0.15, 0.2) is 0 Å². The Kier molecular flexibility index (Phi) is 4.71. The average molecular weight is 278 g/mol. The largest absolute Gasteiger partial charge is 0.479 e. The van der Waals surface area contributed by atoms with Gasteiger partial charge < -0.3 is 10.1 Å². The lowest BCUT2D eigenvalue weighted by molar-refractivity contribution is 0.398. The minimum atomic E-state index is 0.513. The number of rotatable bonds is 5. The Morgan fingerprint density at radius 2 is 2.05 bits per heavy atom. The van der Waals surface area contributed by atoms with Crippen molar-refractivity contribution in [2.45, 2.75) is 13.5 Å². The number of methoxy groups -OCH3 is 1. The Morgan fingerprint density at radius 3 is 2.79 bits per heavy atom. The van der Waals surface area contributed by atoms with Crippen molar-refractivity contribution in [1.82, 2.24) is 15.3 Å². The quantitative estimate of drug-likeness (QED) is 0.913. The molecule has 0 saturated carbocycles. The molecular formula is C14H16ClN3O. The summed E-state index contributed by atoms with van der Waals surface area (Å²) < 4.78 is 5.23. The first-order valence-corrected chi connectivity index (χ1v) is 6.48. The van der Waals surface area contributed by atoms with Crippen LogP contribution in [0.4, 0.5) is 0 Å². The summed E-state index contributed by atoms with van der Waals surface area (Å²) in [5.41, 5.74) is 2.70. The monoisotopic (exact) mass is 277 g/mol. The highest BCUT2D eigenvalue weighted by Gasteiger charge is 2.10. The number of hydrogen-bond donors (Lipinski definition) is 1. The number of nitrogens with zero attached hydrogens (tertiary/aromatic N) is 2. The maximum Gasteiger partial charge on any atom is 0.240 e. The van der Waals surface area contributed by atoms with Gasteiger partial charge in [0.05, 0.1) is 7.11 Å². The van der Waals surface area contributed by atoms with Crippen LogP contribution in [0.1, 0.15) is 12.5 Å². The molecule has 0 aliphatic carbocycles. The molecule has 0 aliphatic rings. The molecule has 0 saturated heterocycles. The number of hydrogen-bond acceptors (Lipinski definition) is 4. The summed E-state index contributed by atoms with van der Waals surface area (Å²) >= 11 is 6.19. The molecule has 0 fully saturated rings. The van der Waals surface area contributed by atoms with E-state index in [2.05, 4.69) is 22.2 Å². The Bertz CT molecular complexity index is 560. The zero-order valence-corrected chi connectivity index (χ0v) is 11.7. The normalized spacial score (nSPS) is 10.5. The van der Waals surface area contributed by atoms with Crippen molar-refractivity contribution in [3.63, 3.8) is 0 Å². The van der Waals surface area contributed by atoms with Crippen molar-refractivity contribution in [3.05, 3.63) is 41.2 Å². The molecule has 0 unspecified atom stereocenters. The topological polar surface area (TPSA) is 47.0 Å². The van der Waals surface area contributed by atoms with E-state index in [0.29, 0.717) is 5.88 Å². The number of ether oxygens (including phenoxy) is 1. The van der Waals surface area contributed by atoms with E-state index in [4.69, 9.17) is 16.3 Å². The van der Waals surface area contributed by atoms with Crippen LogP contribution in [0.3, 0.4) is 0 Å². The van der Waals surface area contributed by atoms with Crippen molar-refractivity contribution < 1.29 is 4.74 Å². The maximum atomic E-state index is 6.19. The van der Waals surface area contributed by atoms with Crippen LogP contribution < -0.4 is 10.1 Å². The SMILES string of the molecule is CCNCc1cc(-c2nccnc2OC)ccc1Cl. The first-order valence-electron chi connectivity index (χ1n) is 6.10. The fourth-order valence-corrected chi connectivity index (χ4v) is 1.97. The standard InChI is InChI=1S/C14H16ClN3O/c1-3-16-9-11-8-10(4-5-12(11)15)13-14(19-2)18-7-6-17-13/h4-8,16H,3,9H2,1-2H3. The third-order valence-corrected chi connectivity index (χ3v) is 3.11. The van der Waals surface area contributed by atoms with Crippen LogP contribution in [0, 0.1) is 0 Å². The second-order valence-corrected chi connectivity index (χ2v) is 4.41. The zero-order valence-electron chi connectivity index (χ0n) is 11.0. The Hall–Kier alpha value is -1.65. The lowest BCUT2D eigenvalue weighted by Crippen LogP contribution is -2.12. The maximum absolute atomic E-state index is 6.19. The molecule has 5 heteroatoms. The molecule has 0 atom stereocenters. The minimum absolute atomic E-state index is 0.513. The van der Waals surface area contributed by atoms with E-state index < -0.39 is 0 Å². The Labute approximate surface area is 117 Å². The third kappa shape index (κ3) is 3.22. The molecule has 1 aromatic carbocycles. The summed E-state index contributed by atoms with van der Waals surface area (Å²) in [7, 11) is 1.59. The summed E-state index contributed by atoms with van der Waals surface area (Å²) in [5, 5.41) is 4.00. The molecule has 0 bridgehead atoms. The Morgan fingerprint density at radius 1 is 1.26 bits per heavy atom. The first-order chi connectivity index (χ1) is 9.26. The second kappa shape index (κ2) is 6.50. The smallest absolute Gasteiger partial charge is 0.240 e. The van der Waals surface area contributed by atoms with Gasteiger partial charge in [-0.1, -0.05) is 24.6 Å². The van der Waals surface area contributed by atoms with Gasteiger partial charge in [0.2, 0.25) is 5.88 Å². The van der Waals surface area contributed by atoms with Crippen LogP contribution in [0.2, 0.25) is 5.02 Å². The minimum Gasteiger partial charge on any atom is -0.479 e. The molecular weight excluding hydrogens is 262 g/mol. The first kappa shape index (κ1) is 13.8. The van der Waals surface area contributed by atoms with Crippen molar-refractivity contribution in [2.24, 2.45) is 0 Å². The van der Waals surface area contributed by atoms with Crippen LogP contribution >= 0.6 is 11.6 Å². The molecule has 1 heterocycles. The van der Waals surface area contributed by atoms with E-state index in [0.717, 1.165) is 34.9 Å². The number of benzene rings is 1. The van der Waals surface area contributed by atoms with Crippen LogP contribution in [-0.4, -0.2) is 23.6 Å². The van der Waals surface area contributed by atoms with Gasteiger partial charge in [0, 0.05) is 29.5 Å². The molecule has 0 radical (unpaired) electrons. The Balaban J connectivity index is 2.39. The van der Waals surface area contributed by atoms with Gasteiger partial charge in [-0.25, -0.2) is 9.97 Å². The van der Waals surface area contributed by atoms with Gasteiger partial charge in [0.25, 0.3) is 0 Å². The molecule has 0 spiro atoms. The van der Waals surface area contributed by atoms with Gasteiger partial charge in [-0.3, -0.25) is 0 Å². The summed E-state index contributed by atoms with van der Waals surface area (Å²) in [5.74, 6) is 0.513. The predicted octanol–water partition coefficient (Wildman–Crippen LogP) is 2.92. The molecule has 0 amide bonds. The van der Waals surface area contributed by atoms with Crippen LogP contribution in [0.25, 0.3) is 11.3 Å². The predicted molar refractivity (Wildman–Crippen MR) is 76.4 cm³/mol. The van der Waals surface area contributed by atoms with Gasteiger partial charge in [-0.05, 0) is 24.2 Å². The highest BCUT2D eigenvalue weighted by Crippen LogP contribution is 2.28.